The Balaban J connectivity index is -0.000000520. The van der Waals surface area contributed by atoms with Crippen LogP contribution in [0.1, 0.15) is 19.3 Å². The van der Waals surface area contributed by atoms with E-state index in [1.54, 1.807) is 0 Å². The molecular weight excluding hydrogens is 359 g/mol. The minimum atomic E-state index is -0.932. The van der Waals surface area contributed by atoms with Gasteiger partial charge in [-0.05, 0) is 18.5 Å². The average molecular weight is 379 g/mol. The molecule has 4 N–H and O–H groups in total. The van der Waals surface area contributed by atoms with Crippen molar-refractivity contribution in [2.75, 3.05) is 24.2 Å². The summed E-state index contributed by atoms with van der Waals surface area (Å²) in [6, 6.07) is 0. The molecule has 0 rings (SSSR count). The van der Waals surface area contributed by atoms with Gasteiger partial charge in [0.05, 0.1) is 5.75 Å². The highest BCUT2D eigenvalue weighted by atomic mass is 35.5. The number of rotatable bonds is 10. The third-order valence-corrected chi connectivity index (χ3v) is 4.90. The van der Waals surface area contributed by atoms with Crippen LogP contribution in [0.15, 0.2) is 0 Å². The fourth-order valence-corrected chi connectivity index (χ4v) is 3.29. The Kier molecular flexibility index (Phi) is 19.2. The first-order chi connectivity index (χ1) is 9.68. The summed E-state index contributed by atoms with van der Waals surface area (Å²) in [4.78, 5) is 40.4. The second-order valence-corrected chi connectivity index (χ2v) is 6.82. The fraction of sp³-hybridized carbons (Fsp3) is 0.636. The molecule has 0 heterocycles. The van der Waals surface area contributed by atoms with E-state index < -0.39 is 31.8 Å². The van der Waals surface area contributed by atoms with Gasteiger partial charge in [-0.3, -0.25) is 19.2 Å². The molecule has 0 aromatic rings. The standard InChI is InChI=1S/C9H15O6P.C2H4O2S.ClH/c10-7(11)1-4-16(5-2-8(12)13)6-3-9(14)15;3-2(4)1-5;/h1-6H2,(H,10,11)(H,12,13)(H,14,15);5H,1H2,(H,3,4);1H. The van der Waals surface area contributed by atoms with Crippen LogP contribution in [0.4, 0.5) is 0 Å². The highest BCUT2D eigenvalue weighted by Crippen LogP contribution is 2.37. The molecule has 0 aromatic heterocycles. The van der Waals surface area contributed by atoms with Gasteiger partial charge in [0.25, 0.3) is 0 Å². The van der Waals surface area contributed by atoms with E-state index >= 15 is 0 Å². The summed E-state index contributed by atoms with van der Waals surface area (Å²) in [7, 11) is -0.801. The van der Waals surface area contributed by atoms with Crippen LogP contribution in [0.2, 0.25) is 0 Å². The van der Waals surface area contributed by atoms with Crippen LogP contribution in [-0.4, -0.2) is 68.5 Å². The lowest BCUT2D eigenvalue weighted by atomic mass is 10.5. The van der Waals surface area contributed by atoms with Gasteiger partial charge in [0.2, 0.25) is 0 Å². The molecular formula is C11H20ClO8PS. The predicted octanol–water partition coefficient (Wildman–Crippen LogP) is 1.31. The average Bonchev–Trinajstić information content (AvgIpc) is 2.37. The quantitative estimate of drug-likeness (QED) is 0.282. The second kappa shape index (κ2) is 16.3. The van der Waals surface area contributed by atoms with E-state index in [0.29, 0.717) is 18.5 Å². The maximum absolute atomic E-state index is 10.4. The van der Waals surface area contributed by atoms with E-state index in [1.165, 1.54) is 0 Å². The van der Waals surface area contributed by atoms with Crippen molar-refractivity contribution < 1.29 is 39.6 Å². The normalized spacial score (nSPS) is 9.18. The monoisotopic (exact) mass is 378 g/mol. The Labute approximate surface area is 140 Å². The second-order valence-electron chi connectivity index (χ2n) is 3.82. The third kappa shape index (κ3) is 24.0. The van der Waals surface area contributed by atoms with Crippen molar-refractivity contribution in [3.8, 4) is 0 Å². The molecule has 0 aliphatic rings. The van der Waals surface area contributed by atoms with Crippen LogP contribution in [0.3, 0.4) is 0 Å². The Bertz CT molecular complexity index is 323. The maximum atomic E-state index is 10.4. The van der Waals surface area contributed by atoms with Crippen molar-refractivity contribution in [1.29, 1.82) is 0 Å². The van der Waals surface area contributed by atoms with Gasteiger partial charge >= 0.3 is 23.9 Å². The zero-order valence-electron chi connectivity index (χ0n) is 11.7. The van der Waals surface area contributed by atoms with Gasteiger partial charge in [-0.2, -0.15) is 12.6 Å². The SMILES string of the molecule is Cl.O=C(O)CCP(CCC(=O)O)CCC(=O)O.O=C(O)CS. The van der Waals surface area contributed by atoms with Gasteiger partial charge in [0.1, 0.15) is 0 Å². The third-order valence-electron chi connectivity index (χ3n) is 2.06. The number of hydrogen-bond acceptors (Lipinski definition) is 5. The highest BCUT2D eigenvalue weighted by Gasteiger charge is 2.13. The maximum Gasteiger partial charge on any atom is 0.313 e. The summed E-state index contributed by atoms with van der Waals surface area (Å²) < 4.78 is 0. The molecule has 0 spiro atoms. The van der Waals surface area contributed by atoms with Crippen LogP contribution < -0.4 is 0 Å². The number of hydrogen-bond donors (Lipinski definition) is 5. The molecule has 0 fully saturated rings. The van der Waals surface area contributed by atoms with Gasteiger partial charge in [-0.1, -0.05) is 0 Å². The van der Waals surface area contributed by atoms with E-state index in [2.05, 4.69) is 12.6 Å². The zero-order chi connectivity index (χ0) is 16.8. The van der Waals surface area contributed by atoms with Gasteiger partial charge in [-0.25, -0.2) is 0 Å². The molecule has 0 unspecified atom stereocenters. The number of halogens is 1. The minimum Gasteiger partial charge on any atom is -0.481 e. The molecule has 0 saturated carbocycles. The topological polar surface area (TPSA) is 149 Å². The Morgan fingerprint density at radius 3 is 1.05 bits per heavy atom. The van der Waals surface area contributed by atoms with Gasteiger partial charge in [0.15, 0.2) is 0 Å². The number of carbonyl (C=O) groups is 4. The first-order valence-corrected chi connectivity index (χ1v) is 8.42. The van der Waals surface area contributed by atoms with E-state index in [4.69, 9.17) is 20.4 Å². The van der Waals surface area contributed by atoms with Crippen LogP contribution in [0.5, 0.6) is 0 Å². The van der Waals surface area contributed by atoms with Crippen LogP contribution in [0.25, 0.3) is 0 Å². The summed E-state index contributed by atoms with van der Waals surface area (Å²) in [5.74, 6) is -3.76. The highest BCUT2D eigenvalue weighted by molar-refractivity contribution is 7.81. The summed E-state index contributed by atoms with van der Waals surface area (Å²) in [5, 5.41) is 33.1. The molecule has 0 aliphatic heterocycles. The summed E-state index contributed by atoms with van der Waals surface area (Å²) >= 11 is 3.42. The van der Waals surface area contributed by atoms with Crippen LogP contribution in [-0.2, 0) is 19.2 Å². The van der Waals surface area contributed by atoms with Crippen molar-refractivity contribution in [1.82, 2.24) is 0 Å². The summed E-state index contributed by atoms with van der Waals surface area (Å²) in [5.41, 5.74) is 0. The van der Waals surface area contributed by atoms with Crippen LogP contribution >= 0.6 is 33.0 Å². The van der Waals surface area contributed by atoms with E-state index in [1.807, 2.05) is 0 Å². The molecule has 0 aliphatic carbocycles. The van der Waals surface area contributed by atoms with E-state index in [-0.39, 0.29) is 37.4 Å². The Morgan fingerprint density at radius 2 is 0.909 bits per heavy atom. The fourth-order valence-electron chi connectivity index (χ4n) is 1.10. The van der Waals surface area contributed by atoms with Crippen molar-refractivity contribution >= 4 is 56.8 Å². The molecule has 11 heteroatoms. The van der Waals surface area contributed by atoms with E-state index in [0.717, 1.165) is 0 Å². The van der Waals surface area contributed by atoms with Crippen molar-refractivity contribution in [2.24, 2.45) is 0 Å². The largest absolute Gasteiger partial charge is 0.481 e. The number of carboxylic acid groups (broad SMARTS) is 4. The molecule has 0 atom stereocenters. The van der Waals surface area contributed by atoms with E-state index in [9.17, 15) is 19.2 Å². The first-order valence-electron chi connectivity index (χ1n) is 5.89. The predicted molar refractivity (Wildman–Crippen MR) is 87.0 cm³/mol. The van der Waals surface area contributed by atoms with Crippen molar-refractivity contribution in [3.63, 3.8) is 0 Å². The Hall–Kier alpha value is -1.05. The smallest absolute Gasteiger partial charge is 0.313 e. The van der Waals surface area contributed by atoms with Gasteiger partial charge in [-0.15, -0.1) is 20.3 Å². The minimum absolute atomic E-state index is 0. The molecule has 0 radical (unpaired) electrons. The number of aliphatic carboxylic acids is 4. The molecule has 0 aromatic carbocycles. The molecule has 0 bridgehead atoms. The molecule has 0 amide bonds. The van der Waals surface area contributed by atoms with Crippen molar-refractivity contribution in [3.05, 3.63) is 0 Å². The summed E-state index contributed by atoms with van der Waals surface area (Å²) in [6.07, 6.45) is 1.11. The first kappa shape index (κ1) is 25.9. The lowest BCUT2D eigenvalue weighted by Crippen LogP contribution is -2.07. The lowest BCUT2D eigenvalue weighted by Gasteiger charge is -2.14. The molecule has 8 nitrogen and oxygen atoms in total. The van der Waals surface area contributed by atoms with Gasteiger partial charge < -0.3 is 20.4 Å². The van der Waals surface area contributed by atoms with Crippen LogP contribution in [0, 0.1) is 0 Å². The number of carboxylic acids is 4. The molecule has 0 saturated heterocycles. The molecule has 22 heavy (non-hydrogen) atoms. The van der Waals surface area contributed by atoms with Gasteiger partial charge in [0, 0.05) is 19.3 Å². The summed E-state index contributed by atoms with van der Waals surface area (Å²) in [6.45, 7) is 0. The zero-order valence-corrected chi connectivity index (χ0v) is 14.3. The van der Waals surface area contributed by atoms with Crippen molar-refractivity contribution in [2.45, 2.75) is 19.3 Å². The molecule has 130 valence electrons. The lowest BCUT2D eigenvalue weighted by molar-refractivity contribution is -0.137. The Morgan fingerprint density at radius 1 is 0.682 bits per heavy atom. The number of thiol groups is 1.